The number of nitrogens with one attached hydrogen (secondary N) is 1. The molecule has 0 bridgehead atoms. The smallest absolute Gasteiger partial charge is 0.305 e. The van der Waals surface area contributed by atoms with Crippen molar-refractivity contribution >= 4 is 11.8 Å². The van der Waals surface area contributed by atoms with E-state index < -0.39 is 0 Å². The number of rotatable bonds is 6. The molecule has 138 valence electrons. The average Bonchev–Trinajstić information content (AvgIpc) is 3.15. The SMILES string of the molecule is COC(=O)CCc1cn(C2CCC(c3ccc(C(=N)N)cc3)CC2)cn1. The zero-order valence-electron chi connectivity index (χ0n) is 15.1. The zero-order valence-corrected chi connectivity index (χ0v) is 15.1. The maximum absolute atomic E-state index is 11.2. The van der Waals surface area contributed by atoms with Crippen LogP contribution in [0.1, 0.15) is 60.9 Å². The number of benzene rings is 1. The van der Waals surface area contributed by atoms with E-state index in [0.29, 0.717) is 24.8 Å². The summed E-state index contributed by atoms with van der Waals surface area (Å²) in [5, 5.41) is 7.48. The third-order valence-corrected chi connectivity index (χ3v) is 5.28. The van der Waals surface area contributed by atoms with Crippen LogP contribution in [0.25, 0.3) is 0 Å². The van der Waals surface area contributed by atoms with Crippen LogP contribution in [0.4, 0.5) is 0 Å². The Morgan fingerprint density at radius 2 is 1.96 bits per heavy atom. The number of nitrogens with two attached hydrogens (primary N) is 1. The van der Waals surface area contributed by atoms with Crippen LogP contribution in [0.3, 0.4) is 0 Å². The second kappa shape index (κ2) is 8.17. The highest BCUT2D eigenvalue weighted by Gasteiger charge is 2.23. The molecule has 0 radical (unpaired) electrons. The number of hydrogen-bond acceptors (Lipinski definition) is 4. The van der Waals surface area contributed by atoms with Crippen molar-refractivity contribution in [1.82, 2.24) is 9.55 Å². The number of aromatic nitrogens is 2. The quantitative estimate of drug-likeness (QED) is 0.473. The van der Waals surface area contributed by atoms with E-state index >= 15 is 0 Å². The minimum atomic E-state index is -0.198. The highest BCUT2D eigenvalue weighted by atomic mass is 16.5. The number of ether oxygens (including phenoxy) is 1. The summed E-state index contributed by atoms with van der Waals surface area (Å²) in [6, 6.07) is 8.55. The van der Waals surface area contributed by atoms with E-state index in [2.05, 4.69) is 32.6 Å². The summed E-state index contributed by atoms with van der Waals surface area (Å²) in [5.41, 5.74) is 8.57. The first kappa shape index (κ1) is 18.2. The van der Waals surface area contributed by atoms with E-state index in [0.717, 1.165) is 36.9 Å². The van der Waals surface area contributed by atoms with Crippen LogP contribution in [-0.2, 0) is 16.0 Å². The van der Waals surface area contributed by atoms with Crippen LogP contribution in [0.15, 0.2) is 36.8 Å². The second-order valence-electron chi connectivity index (χ2n) is 6.93. The lowest BCUT2D eigenvalue weighted by Crippen LogP contribution is -2.16. The molecule has 2 aromatic rings. The van der Waals surface area contributed by atoms with Gasteiger partial charge < -0.3 is 15.0 Å². The summed E-state index contributed by atoms with van der Waals surface area (Å²) < 4.78 is 6.87. The van der Waals surface area contributed by atoms with Crippen molar-refractivity contribution in [1.29, 1.82) is 5.41 Å². The molecule has 6 nitrogen and oxygen atoms in total. The van der Waals surface area contributed by atoms with Crippen LogP contribution in [0.5, 0.6) is 0 Å². The van der Waals surface area contributed by atoms with Crippen molar-refractivity contribution in [2.45, 2.75) is 50.5 Å². The standard InChI is InChI=1S/C20H26N4O2/c1-26-19(25)11-8-17-12-24(13-23-17)18-9-6-15(7-10-18)14-2-4-16(5-3-14)20(21)22/h2-5,12-13,15,18H,6-11H2,1H3,(H3,21,22). The number of imidazole rings is 1. The van der Waals surface area contributed by atoms with Gasteiger partial charge in [0, 0.05) is 24.2 Å². The van der Waals surface area contributed by atoms with Crippen molar-refractivity contribution in [3.05, 3.63) is 53.6 Å². The molecule has 6 heteroatoms. The number of amidine groups is 1. The van der Waals surface area contributed by atoms with E-state index in [1.807, 2.05) is 18.5 Å². The number of carbonyl (C=O) groups excluding carboxylic acids is 1. The third kappa shape index (κ3) is 4.31. The number of nitrogens with zero attached hydrogens (tertiary/aromatic N) is 2. The normalized spacial score (nSPS) is 19.9. The molecule has 0 saturated heterocycles. The molecule has 0 spiro atoms. The first-order chi connectivity index (χ1) is 12.6. The molecule has 1 heterocycles. The lowest BCUT2D eigenvalue weighted by Gasteiger charge is -2.29. The molecule has 0 aliphatic heterocycles. The number of carbonyl (C=O) groups is 1. The Balaban J connectivity index is 1.54. The van der Waals surface area contributed by atoms with Gasteiger partial charge in [0.25, 0.3) is 0 Å². The van der Waals surface area contributed by atoms with Gasteiger partial charge in [-0.2, -0.15) is 0 Å². The number of hydrogen-bond donors (Lipinski definition) is 2. The Morgan fingerprint density at radius 3 is 2.58 bits per heavy atom. The highest BCUT2D eigenvalue weighted by molar-refractivity contribution is 5.94. The Morgan fingerprint density at radius 1 is 1.27 bits per heavy atom. The number of esters is 1. The third-order valence-electron chi connectivity index (χ3n) is 5.28. The van der Waals surface area contributed by atoms with Crippen LogP contribution in [-0.4, -0.2) is 28.5 Å². The van der Waals surface area contributed by atoms with Gasteiger partial charge in [0.1, 0.15) is 5.84 Å². The van der Waals surface area contributed by atoms with Gasteiger partial charge in [0.2, 0.25) is 0 Å². The zero-order chi connectivity index (χ0) is 18.5. The predicted octanol–water partition coefficient (Wildman–Crippen LogP) is 3.17. The largest absolute Gasteiger partial charge is 0.469 e. The molecule has 0 atom stereocenters. The molecule has 26 heavy (non-hydrogen) atoms. The summed E-state index contributed by atoms with van der Waals surface area (Å²) in [4.78, 5) is 15.7. The molecular formula is C20H26N4O2. The average molecular weight is 354 g/mol. The number of aryl methyl sites for hydroxylation is 1. The van der Waals surface area contributed by atoms with Gasteiger partial charge in [0.15, 0.2) is 0 Å². The molecule has 1 aliphatic rings. The fourth-order valence-electron chi connectivity index (χ4n) is 3.68. The Kier molecular flexibility index (Phi) is 5.71. The summed E-state index contributed by atoms with van der Waals surface area (Å²) in [7, 11) is 1.41. The fourth-order valence-corrected chi connectivity index (χ4v) is 3.68. The maximum atomic E-state index is 11.2. The minimum Gasteiger partial charge on any atom is -0.469 e. The van der Waals surface area contributed by atoms with Crippen LogP contribution in [0.2, 0.25) is 0 Å². The fraction of sp³-hybridized carbons (Fsp3) is 0.450. The van der Waals surface area contributed by atoms with Gasteiger partial charge in [0.05, 0.1) is 25.6 Å². The predicted molar refractivity (Wildman–Crippen MR) is 100 cm³/mol. The molecule has 3 rings (SSSR count). The number of methoxy groups -OCH3 is 1. The van der Waals surface area contributed by atoms with Crippen LogP contribution >= 0.6 is 0 Å². The monoisotopic (exact) mass is 354 g/mol. The molecule has 1 aliphatic carbocycles. The van der Waals surface area contributed by atoms with Crippen molar-refractivity contribution in [2.24, 2.45) is 5.73 Å². The van der Waals surface area contributed by atoms with Crippen LogP contribution in [0, 0.1) is 5.41 Å². The summed E-state index contributed by atoms with van der Waals surface area (Å²) in [6.45, 7) is 0. The van der Waals surface area contributed by atoms with Gasteiger partial charge in [-0.25, -0.2) is 4.98 Å². The summed E-state index contributed by atoms with van der Waals surface area (Å²) in [6.07, 6.45) is 9.46. The Labute approximate surface area is 153 Å². The molecule has 0 amide bonds. The first-order valence-corrected chi connectivity index (χ1v) is 9.10. The molecule has 1 saturated carbocycles. The molecule has 3 N–H and O–H groups in total. The Hall–Kier alpha value is -2.63. The highest BCUT2D eigenvalue weighted by Crippen LogP contribution is 2.38. The first-order valence-electron chi connectivity index (χ1n) is 9.10. The molecular weight excluding hydrogens is 328 g/mol. The number of nitrogen functional groups attached to an aromatic ring is 1. The van der Waals surface area contributed by atoms with Crippen molar-refractivity contribution in [2.75, 3.05) is 7.11 Å². The topological polar surface area (TPSA) is 94.0 Å². The summed E-state index contributed by atoms with van der Waals surface area (Å²) >= 11 is 0. The van der Waals surface area contributed by atoms with Gasteiger partial charge in [-0.1, -0.05) is 24.3 Å². The Bertz CT molecular complexity index is 758. The van der Waals surface area contributed by atoms with E-state index in [1.54, 1.807) is 0 Å². The molecule has 1 aromatic carbocycles. The van der Waals surface area contributed by atoms with Gasteiger partial charge in [-0.05, 0) is 37.2 Å². The minimum absolute atomic E-state index is 0.114. The van der Waals surface area contributed by atoms with E-state index in [1.165, 1.54) is 12.7 Å². The molecule has 0 unspecified atom stereocenters. The molecule has 1 fully saturated rings. The maximum Gasteiger partial charge on any atom is 0.305 e. The van der Waals surface area contributed by atoms with Gasteiger partial charge in [-0.15, -0.1) is 0 Å². The van der Waals surface area contributed by atoms with E-state index in [9.17, 15) is 4.79 Å². The lowest BCUT2D eigenvalue weighted by molar-refractivity contribution is -0.140. The summed E-state index contributed by atoms with van der Waals surface area (Å²) in [5.74, 6) is 0.480. The van der Waals surface area contributed by atoms with Gasteiger partial charge >= 0.3 is 5.97 Å². The molecule has 1 aromatic heterocycles. The van der Waals surface area contributed by atoms with Crippen molar-refractivity contribution < 1.29 is 9.53 Å². The van der Waals surface area contributed by atoms with E-state index in [-0.39, 0.29) is 11.8 Å². The van der Waals surface area contributed by atoms with E-state index in [4.69, 9.17) is 11.1 Å². The lowest BCUT2D eigenvalue weighted by atomic mass is 9.81. The van der Waals surface area contributed by atoms with Gasteiger partial charge in [-0.3, -0.25) is 10.2 Å². The second-order valence-corrected chi connectivity index (χ2v) is 6.93. The van der Waals surface area contributed by atoms with Crippen molar-refractivity contribution in [3.63, 3.8) is 0 Å². The van der Waals surface area contributed by atoms with Crippen molar-refractivity contribution in [3.8, 4) is 0 Å². The van der Waals surface area contributed by atoms with Crippen LogP contribution < -0.4 is 5.73 Å².